The van der Waals surface area contributed by atoms with Crippen LogP contribution in [0.1, 0.15) is 27.7 Å². The molecule has 1 aromatic rings. The van der Waals surface area contributed by atoms with Crippen LogP contribution >= 0.6 is 0 Å². The summed E-state index contributed by atoms with van der Waals surface area (Å²) in [6, 6.07) is 2.05. The molecule has 5 heteroatoms. The Labute approximate surface area is 115 Å². The summed E-state index contributed by atoms with van der Waals surface area (Å²) in [5, 5.41) is 4.51. The number of aromatic nitrogens is 2. The van der Waals surface area contributed by atoms with Crippen molar-refractivity contribution in [3.05, 3.63) is 12.3 Å². The smallest absolute Gasteiger partial charge is 0.228 e. The summed E-state index contributed by atoms with van der Waals surface area (Å²) < 4.78 is 1.93. The van der Waals surface area contributed by atoms with Gasteiger partial charge in [0.1, 0.15) is 0 Å². The fourth-order valence-electron chi connectivity index (χ4n) is 2.31. The quantitative estimate of drug-likeness (QED) is 0.814. The predicted molar refractivity (Wildman–Crippen MR) is 76.1 cm³/mol. The van der Waals surface area contributed by atoms with Gasteiger partial charge in [0.05, 0.1) is 0 Å². The lowest BCUT2D eigenvalue weighted by Crippen LogP contribution is -2.51. The summed E-state index contributed by atoms with van der Waals surface area (Å²) in [5.74, 6) is 1.26. The molecule has 0 saturated carbocycles. The first-order valence-electron chi connectivity index (χ1n) is 6.99. The van der Waals surface area contributed by atoms with E-state index in [0.717, 1.165) is 38.5 Å². The van der Waals surface area contributed by atoms with E-state index in [4.69, 9.17) is 0 Å². The van der Waals surface area contributed by atoms with Gasteiger partial charge in [0.2, 0.25) is 5.91 Å². The van der Waals surface area contributed by atoms with Gasteiger partial charge in [0.15, 0.2) is 5.82 Å². The highest BCUT2D eigenvalue weighted by Gasteiger charge is 2.29. The van der Waals surface area contributed by atoms with E-state index in [0.29, 0.717) is 0 Å². The summed E-state index contributed by atoms with van der Waals surface area (Å²) in [6.07, 6.45) is 2.00. The van der Waals surface area contributed by atoms with Crippen LogP contribution in [0.25, 0.3) is 0 Å². The molecule has 0 N–H and O–H groups in total. The number of piperazine rings is 1. The third-order valence-corrected chi connectivity index (χ3v) is 3.48. The van der Waals surface area contributed by atoms with Crippen LogP contribution in [0.2, 0.25) is 0 Å². The number of amides is 1. The molecule has 1 fully saturated rings. The Balaban J connectivity index is 1.94. The molecule has 0 spiro atoms. The summed E-state index contributed by atoms with van der Waals surface area (Å²) >= 11 is 0. The molecule has 0 bridgehead atoms. The number of carbonyl (C=O) groups is 1. The van der Waals surface area contributed by atoms with Crippen molar-refractivity contribution in [2.75, 3.05) is 31.1 Å². The highest BCUT2D eigenvalue weighted by molar-refractivity contribution is 5.81. The lowest BCUT2D eigenvalue weighted by Gasteiger charge is -2.37. The first-order valence-corrected chi connectivity index (χ1v) is 6.99. The Morgan fingerprint density at radius 3 is 2.37 bits per heavy atom. The van der Waals surface area contributed by atoms with Crippen LogP contribution in [0, 0.1) is 5.41 Å². The van der Waals surface area contributed by atoms with Crippen LogP contribution in [0.15, 0.2) is 12.3 Å². The molecule has 0 radical (unpaired) electrons. The number of anilines is 1. The summed E-state index contributed by atoms with van der Waals surface area (Å²) in [5.41, 5.74) is -0.286. The minimum absolute atomic E-state index is 0.242. The average Bonchev–Trinajstić information content (AvgIpc) is 2.86. The zero-order chi connectivity index (χ0) is 14.0. The molecule has 1 aliphatic heterocycles. The molecule has 19 heavy (non-hydrogen) atoms. The number of carbonyl (C=O) groups excluding carboxylic acids is 1. The SMILES string of the molecule is CCn1ccc(N2CCN(C(=O)C(C)(C)C)CC2)n1. The Morgan fingerprint density at radius 2 is 1.89 bits per heavy atom. The molecule has 2 heterocycles. The van der Waals surface area contributed by atoms with E-state index in [2.05, 4.69) is 16.9 Å². The van der Waals surface area contributed by atoms with E-state index in [1.54, 1.807) is 0 Å². The molecule has 0 unspecified atom stereocenters. The topological polar surface area (TPSA) is 41.4 Å². The number of aryl methyl sites for hydroxylation is 1. The maximum Gasteiger partial charge on any atom is 0.228 e. The highest BCUT2D eigenvalue weighted by Crippen LogP contribution is 2.20. The lowest BCUT2D eigenvalue weighted by molar-refractivity contribution is -0.139. The summed E-state index contributed by atoms with van der Waals surface area (Å²) in [7, 11) is 0. The zero-order valence-electron chi connectivity index (χ0n) is 12.4. The van der Waals surface area contributed by atoms with Gasteiger partial charge in [-0.25, -0.2) is 0 Å². The van der Waals surface area contributed by atoms with E-state index in [9.17, 15) is 4.79 Å². The number of hydrogen-bond donors (Lipinski definition) is 0. The normalized spacial score (nSPS) is 16.8. The van der Waals surface area contributed by atoms with Crippen LogP contribution in [0.3, 0.4) is 0 Å². The van der Waals surface area contributed by atoms with Crippen molar-refractivity contribution in [1.29, 1.82) is 0 Å². The lowest BCUT2D eigenvalue weighted by atomic mass is 9.94. The Kier molecular flexibility index (Phi) is 3.83. The molecule has 2 rings (SSSR count). The van der Waals surface area contributed by atoms with Crippen LogP contribution in [0.4, 0.5) is 5.82 Å². The van der Waals surface area contributed by atoms with Gasteiger partial charge in [-0.2, -0.15) is 5.10 Å². The monoisotopic (exact) mass is 264 g/mol. The van der Waals surface area contributed by atoms with E-state index >= 15 is 0 Å². The van der Waals surface area contributed by atoms with Gasteiger partial charge in [-0.1, -0.05) is 20.8 Å². The predicted octanol–water partition coefficient (Wildman–Crippen LogP) is 1.60. The van der Waals surface area contributed by atoms with Gasteiger partial charge >= 0.3 is 0 Å². The molecule has 5 nitrogen and oxygen atoms in total. The van der Waals surface area contributed by atoms with Gasteiger partial charge in [-0.15, -0.1) is 0 Å². The molecular weight excluding hydrogens is 240 g/mol. The van der Waals surface area contributed by atoms with Gasteiger partial charge in [0, 0.05) is 50.4 Å². The van der Waals surface area contributed by atoms with Crippen molar-refractivity contribution in [1.82, 2.24) is 14.7 Å². The summed E-state index contributed by atoms with van der Waals surface area (Å²) in [6.45, 7) is 12.2. The van der Waals surface area contributed by atoms with E-state index in [1.807, 2.05) is 42.6 Å². The number of hydrogen-bond acceptors (Lipinski definition) is 3. The van der Waals surface area contributed by atoms with Gasteiger partial charge in [-0.3, -0.25) is 9.48 Å². The molecule has 0 aromatic carbocycles. The van der Waals surface area contributed by atoms with Crippen LogP contribution in [0.5, 0.6) is 0 Å². The van der Waals surface area contributed by atoms with E-state index < -0.39 is 0 Å². The van der Waals surface area contributed by atoms with Crippen LogP contribution in [-0.2, 0) is 11.3 Å². The Morgan fingerprint density at radius 1 is 1.26 bits per heavy atom. The molecular formula is C14H24N4O. The third kappa shape index (κ3) is 3.08. The average molecular weight is 264 g/mol. The minimum Gasteiger partial charge on any atom is -0.352 e. The van der Waals surface area contributed by atoms with Crippen molar-refractivity contribution >= 4 is 11.7 Å². The molecule has 1 aliphatic rings. The molecule has 0 aliphatic carbocycles. The van der Waals surface area contributed by atoms with Crippen molar-refractivity contribution in [2.24, 2.45) is 5.41 Å². The minimum atomic E-state index is -0.286. The van der Waals surface area contributed by atoms with Crippen molar-refractivity contribution < 1.29 is 4.79 Å². The molecule has 1 aromatic heterocycles. The molecule has 1 amide bonds. The van der Waals surface area contributed by atoms with Crippen LogP contribution in [-0.4, -0.2) is 46.8 Å². The fraction of sp³-hybridized carbons (Fsp3) is 0.714. The van der Waals surface area contributed by atoms with Crippen molar-refractivity contribution in [2.45, 2.75) is 34.2 Å². The largest absolute Gasteiger partial charge is 0.352 e. The van der Waals surface area contributed by atoms with Gasteiger partial charge in [-0.05, 0) is 6.92 Å². The number of nitrogens with zero attached hydrogens (tertiary/aromatic N) is 4. The fourth-order valence-corrected chi connectivity index (χ4v) is 2.31. The summed E-state index contributed by atoms with van der Waals surface area (Å²) in [4.78, 5) is 16.4. The maximum atomic E-state index is 12.2. The Hall–Kier alpha value is -1.52. The number of rotatable bonds is 2. The standard InChI is InChI=1S/C14H24N4O/c1-5-18-7-6-12(15-18)16-8-10-17(11-9-16)13(19)14(2,3)4/h6-7H,5,8-11H2,1-4H3. The third-order valence-electron chi connectivity index (χ3n) is 3.48. The van der Waals surface area contributed by atoms with E-state index in [1.165, 1.54) is 0 Å². The van der Waals surface area contributed by atoms with Crippen LogP contribution < -0.4 is 4.90 Å². The molecule has 1 saturated heterocycles. The highest BCUT2D eigenvalue weighted by atomic mass is 16.2. The molecule has 106 valence electrons. The van der Waals surface area contributed by atoms with Gasteiger partial charge in [0.25, 0.3) is 0 Å². The van der Waals surface area contributed by atoms with E-state index in [-0.39, 0.29) is 11.3 Å². The molecule has 0 atom stereocenters. The Bertz CT molecular complexity index is 439. The second kappa shape index (κ2) is 5.23. The van der Waals surface area contributed by atoms with Gasteiger partial charge < -0.3 is 9.80 Å². The zero-order valence-corrected chi connectivity index (χ0v) is 12.4. The second-order valence-electron chi connectivity index (χ2n) is 6.06. The second-order valence-corrected chi connectivity index (χ2v) is 6.06. The van der Waals surface area contributed by atoms with Crippen molar-refractivity contribution in [3.8, 4) is 0 Å². The first kappa shape index (κ1) is 13.9. The first-order chi connectivity index (χ1) is 8.91. The maximum absolute atomic E-state index is 12.2. The van der Waals surface area contributed by atoms with Crippen molar-refractivity contribution in [3.63, 3.8) is 0 Å².